The molecule has 0 aliphatic carbocycles. The van der Waals surface area contributed by atoms with Crippen LogP contribution in [0.3, 0.4) is 0 Å². The molecular weight excluding hydrogens is 317 g/mol. The Balaban J connectivity index is 1.70. The van der Waals surface area contributed by atoms with Crippen LogP contribution in [-0.2, 0) is 16.0 Å². The Hall–Kier alpha value is -2.28. The van der Waals surface area contributed by atoms with Gasteiger partial charge in [-0.2, -0.15) is 0 Å². The first kappa shape index (κ1) is 15.6. The number of rotatable bonds is 4. The van der Waals surface area contributed by atoms with Gasteiger partial charge in [-0.1, -0.05) is 0 Å². The van der Waals surface area contributed by atoms with Gasteiger partial charge in [0, 0.05) is 17.5 Å². The van der Waals surface area contributed by atoms with Crippen molar-refractivity contribution < 1.29 is 14.0 Å². The van der Waals surface area contributed by atoms with Crippen molar-refractivity contribution >= 4 is 23.2 Å². The van der Waals surface area contributed by atoms with E-state index in [0.29, 0.717) is 18.7 Å². The molecular formula is C16H16FN3O2S. The molecule has 7 heteroatoms. The van der Waals surface area contributed by atoms with Crippen LogP contribution in [0.4, 0.5) is 4.39 Å². The number of aromatic nitrogens is 1. The molecule has 23 heavy (non-hydrogen) atoms. The second-order valence-electron chi connectivity index (χ2n) is 5.48. The van der Waals surface area contributed by atoms with E-state index < -0.39 is 11.9 Å². The molecule has 120 valence electrons. The lowest BCUT2D eigenvalue weighted by molar-refractivity contribution is -0.136. The van der Waals surface area contributed by atoms with Crippen molar-refractivity contribution in [3.63, 3.8) is 0 Å². The fourth-order valence-corrected chi connectivity index (χ4v) is 3.56. The molecule has 1 aliphatic rings. The molecule has 1 aromatic carbocycles. The minimum atomic E-state index is -0.502. The van der Waals surface area contributed by atoms with E-state index in [1.165, 1.54) is 23.5 Å². The van der Waals surface area contributed by atoms with E-state index in [2.05, 4.69) is 4.98 Å². The number of primary amides is 1. The zero-order valence-electron chi connectivity index (χ0n) is 12.4. The van der Waals surface area contributed by atoms with Gasteiger partial charge < -0.3 is 10.6 Å². The first-order valence-electron chi connectivity index (χ1n) is 7.34. The molecule has 2 aromatic rings. The van der Waals surface area contributed by atoms with Crippen LogP contribution in [0.1, 0.15) is 18.5 Å². The fourth-order valence-electron chi connectivity index (χ4n) is 2.73. The highest BCUT2D eigenvalue weighted by molar-refractivity contribution is 7.13. The van der Waals surface area contributed by atoms with E-state index >= 15 is 0 Å². The molecule has 1 aromatic heterocycles. The van der Waals surface area contributed by atoms with Crippen molar-refractivity contribution in [2.45, 2.75) is 25.3 Å². The molecule has 1 saturated heterocycles. The van der Waals surface area contributed by atoms with E-state index in [0.717, 1.165) is 17.0 Å². The third-order valence-electron chi connectivity index (χ3n) is 3.88. The Morgan fingerprint density at radius 1 is 1.35 bits per heavy atom. The van der Waals surface area contributed by atoms with Crippen molar-refractivity contribution in [2.24, 2.45) is 5.73 Å². The second kappa shape index (κ2) is 6.45. The highest BCUT2D eigenvalue weighted by Gasteiger charge is 2.32. The summed E-state index contributed by atoms with van der Waals surface area (Å²) in [7, 11) is 0. The van der Waals surface area contributed by atoms with Crippen LogP contribution in [0.5, 0.6) is 0 Å². The van der Waals surface area contributed by atoms with Gasteiger partial charge in [-0.15, -0.1) is 11.3 Å². The summed E-state index contributed by atoms with van der Waals surface area (Å²) in [6.45, 7) is 0.557. The third kappa shape index (κ3) is 3.39. The number of hydrogen-bond donors (Lipinski definition) is 1. The van der Waals surface area contributed by atoms with Gasteiger partial charge in [-0.05, 0) is 37.1 Å². The number of hydrogen-bond acceptors (Lipinski definition) is 4. The van der Waals surface area contributed by atoms with Gasteiger partial charge in [0.15, 0.2) is 0 Å². The second-order valence-corrected chi connectivity index (χ2v) is 6.33. The van der Waals surface area contributed by atoms with Crippen molar-refractivity contribution in [3.8, 4) is 10.6 Å². The minimum Gasteiger partial charge on any atom is -0.368 e. The smallest absolute Gasteiger partial charge is 0.240 e. The average Bonchev–Trinajstić information content (AvgIpc) is 3.16. The molecule has 0 bridgehead atoms. The summed E-state index contributed by atoms with van der Waals surface area (Å²) >= 11 is 1.40. The summed E-state index contributed by atoms with van der Waals surface area (Å²) in [6.07, 6.45) is 1.55. The monoisotopic (exact) mass is 333 g/mol. The van der Waals surface area contributed by atoms with Crippen LogP contribution in [0.15, 0.2) is 29.6 Å². The number of nitrogens with two attached hydrogens (primary N) is 1. The first-order chi connectivity index (χ1) is 11.0. The van der Waals surface area contributed by atoms with Crippen molar-refractivity contribution in [3.05, 3.63) is 41.2 Å². The third-order valence-corrected chi connectivity index (χ3v) is 4.82. The SMILES string of the molecule is NC(=O)C1CCCN1C(=O)Cc1csc(-c2ccc(F)cc2)n1. The van der Waals surface area contributed by atoms with Crippen LogP contribution >= 0.6 is 11.3 Å². The molecule has 3 rings (SSSR count). The van der Waals surface area contributed by atoms with Crippen molar-refractivity contribution in [1.29, 1.82) is 0 Å². The van der Waals surface area contributed by atoms with Crippen LogP contribution in [0.2, 0.25) is 0 Å². The molecule has 2 N–H and O–H groups in total. The summed E-state index contributed by atoms with van der Waals surface area (Å²) in [5, 5.41) is 2.55. The van der Waals surface area contributed by atoms with Crippen molar-refractivity contribution in [1.82, 2.24) is 9.88 Å². The van der Waals surface area contributed by atoms with E-state index in [1.54, 1.807) is 17.0 Å². The predicted octanol–water partition coefficient (Wildman–Crippen LogP) is 1.97. The van der Waals surface area contributed by atoms with Gasteiger partial charge in [-0.25, -0.2) is 9.37 Å². The highest BCUT2D eigenvalue weighted by atomic mass is 32.1. The molecule has 0 saturated carbocycles. The number of carbonyl (C=O) groups is 2. The summed E-state index contributed by atoms with van der Waals surface area (Å²) in [5.41, 5.74) is 6.79. The van der Waals surface area contributed by atoms with Gasteiger partial charge in [0.1, 0.15) is 16.9 Å². The van der Waals surface area contributed by atoms with Crippen LogP contribution in [0, 0.1) is 5.82 Å². The zero-order valence-corrected chi connectivity index (χ0v) is 13.2. The van der Waals surface area contributed by atoms with E-state index in [1.807, 2.05) is 5.38 Å². The molecule has 2 amide bonds. The molecule has 5 nitrogen and oxygen atoms in total. The Kier molecular flexibility index (Phi) is 4.38. The van der Waals surface area contributed by atoms with Gasteiger partial charge in [-0.3, -0.25) is 9.59 Å². The Labute approximate surface area is 136 Å². The lowest BCUT2D eigenvalue weighted by Gasteiger charge is -2.21. The lowest BCUT2D eigenvalue weighted by Crippen LogP contribution is -2.44. The maximum atomic E-state index is 12.9. The van der Waals surface area contributed by atoms with Crippen LogP contribution in [-0.4, -0.2) is 34.3 Å². The highest BCUT2D eigenvalue weighted by Crippen LogP contribution is 2.25. The number of thiazole rings is 1. The normalized spacial score (nSPS) is 17.4. The molecule has 1 aliphatic heterocycles. The van der Waals surface area contributed by atoms with E-state index in [-0.39, 0.29) is 18.1 Å². The number of benzene rings is 1. The molecule has 1 atom stereocenters. The number of nitrogens with zero attached hydrogens (tertiary/aromatic N) is 2. The largest absolute Gasteiger partial charge is 0.368 e. The number of amides is 2. The number of halogens is 1. The zero-order chi connectivity index (χ0) is 16.4. The number of carbonyl (C=O) groups excluding carboxylic acids is 2. The molecule has 2 heterocycles. The molecule has 1 fully saturated rings. The fraction of sp³-hybridized carbons (Fsp3) is 0.312. The Morgan fingerprint density at radius 3 is 2.78 bits per heavy atom. The minimum absolute atomic E-state index is 0.137. The summed E-state index contributed by atoms with van der Waals surface area (Å²) < 4.78 is 12.9. The maximum Gasteiger partial charge on any atom is 0.240 e. The quantitative estimate of drug-likeness (QED) is 0.929. The molecule has 0 spiro atoms. The van der Waals surface area contributed by atoms with E-state index in [4.69, 9.17) is 5.73 Å². The van der Waals surface area contributed by atoms with Crippen LogP contribution in [0.25, 0.3) is 10.6 Å². The van der Waals surface area contributed by atoms with Gasteiger partial charge in [0.25, 0.3) is 0 Å². The van der Waals surface area contributed by atoms with Crippen LogP contribution < -0.4 is 5.73 Å². The topological polar surface area (TPSA) is 76.3 Å². The average molecular weight is 333 g/mol. The Morgan fingerprint density at radius 2 is 2.09 bits per heavy atom. The van der Waals surface area contributed by atoms with Crippen molar-refractivity contribution in [2.75, 3.05) is 6.54 Å². The van der Waals surface area contributed by atoms with Gasteiger partial charge in [0.2, 0.25) is 11.8 Å². The standard InChI is InChI=1S/C16H16FN3O2S/c17-11-5-3-10(4-6-11)16-19-12(9-23-16)8-14(21)20-7-1-2-13(20)15(18)22/h3-6,9,13H,1-2,7-8H2,(H2,18,22). The first-order valence-corrected chi connectivity index (χ1v) is 8.21. The maximum absolute atomic E-state index is 12.9. The summed E-state index contributed by atoms with van der Waals surface area (Å²) in [6, 6.07) is 5.57. The summed E-state index contributed by atoms with van der Waals surface area (Å²) in [5.74, 6) is -0.893. The molecule has 0 radical (unpaired) electrons. The number of likely N-dealkylation sites (tertiary alicyclic amines) is 1. The van der Waals surface area contributed by atoms with Gasteiger partial charge >= 0.3 is 0 Å². The Bertz CT molecular complexity index is 729. The predicted molar refractivity (Wildman–Crippen MR) is 85.1 cm³/mol. The lowest BCUT2D eigenvalue weighted by atomic mass is 10.2. The summed E-state index contributed by atoms with van der Waals surface area (Å²) in [4.78, 5) is 29.7. The molecule has 1 unspecified atom stereocenters. The van der Waals surface area contributed by atoms with E-state index in [9.17, 15) is 14.0 Å². The van der Waals surface area contributed by atoms with Gasteiger partial charge in [0.05, 0.1) is 12.1 Å².